The van der Waals surface area contributed by atoms with Crippen LogP contribution in [0.25, 0.3) is 0 Å². The molecule has 20 heavy (non-hydrogen) atoms. The average Bonchev–Trinajstić information content (AvgIpc) is 2.67. The molecule has 0 spiro atoms. The van der Waals surface area contributed by atoms with Gasteiger partial charge in [-0.2, -0.15) is 0 Å². The Bertz CT molecular complexity index is 455. The molecular formula is C16H24N2O2. The quantitative estimate of drug-likeness (QED) is 0.923. The molecule has 0 radical (unpaired) electrons. The smallest absolute Gasteiger partial charge is 0.407 e. The number of hydrogen-bond acceptors (Lipinski definition) is 3. The highest BCUT2D eigenvalue weighted by atomic mass is 16.6. The van der Waals surface area contributed by atoms with Crippen molar-refractivity contribution in [3.63, 3.8) is 0 Å². The summed E-state index contributed by atoms with van der Waals surface area (Å²) in [6, 6.07) is 8.55. The van der Waals surface area contributed by atoms with E-state index in [1.807, 2.05) is 27.7 Å². The van der Waals surface area contributed by atoms with E-state index < -0.39 is 5.60 Å². The third-order valence-corrected chi connectivity index (χ3v) is 3.20. The lowest BCUT2D eigenvalue weighted by atomic mass is 10.1. The van der Waals surface area contributed by atoms with E-state index in [0.29, 0.717) is 0 Å². The zero-order chi connectivity index (χ0) is 14.8. The van der Waals surface area contributed by atoms with Crippen LogP contribution < -0.4 is 5.32 Å². The molecule has 0 bridgehead atoms. The Morgan fingerprint density at radius 2 is 1.85 bits per heavy atom. The molecule has 1 heterocycles. The predicted molar refractivity (Wildman–Crippen MR) is 79.4 cm³/mol. The predicted octanol–water partition coefficient (Wildman–Crippen LogP) is 2.92. The SMILES string of the molecule is C[C@H](CN1Cc2ccccc2C1)NC(=O)OC(C)(C)C. The number of carbonyl (C=O) groups excluding carboxylic acids is 1. The van der Waals surface area contributed by atoms with E-state index >= 15 is 0 Å². The van der Waals surface area contributed by atoms with Crippen molar-refractivity contribution in [3.8, 4) is 0 Å². The summed E-state index contributed by atoms with van der Waals surface area (Å²) >= 11 is 0. The minimum atomic E-state index is -0.451. The van der Waals surface area contributed by atoms with Crippen molar-refractivity contribution in [2.75, 3.05) is 6.54 Å². The molecule has 2 rings (SSSR count). The normalized spacial score (nSPS) is 16.6. The molecule has 0 saturated heterocycles. The van der Waals surface area contributed by atoms with Gasteiger partial charge in [-0.15, -0.1) is 0 Å². The van der Waals surface area contributed by atoms with Crippen molar-refractivity contribution < 1.29 is 9.53 Å². The third kappa shape index (κ3) is 4.23. The molecule has 0 fully saturated rings. The lowest BCUT2D eigenvalue weighted by molar-refractivity contribution is 0.0497. The van der Waals surface area contributed by atoms with E-state index in [2.05, 4.69) is 34.5 Å². The molecule has 0 saturated carbocycles. The Balaban J connectivity index is 1.79. The van der Waals surface area contributed by atoms with Crippen LogP contribution in [-0.2, 0) is 17.8 Å². The number of alkyl carbamates (subject to hydrolysis) is 1. The summed E-state index contributed by atoms with van der Waals surface area (Å²) in [5, 5.41) is 2.89. The second kappa shape index (κ2) is 5.83. The highest BCUT2D eigenvalue weighted by Gasteiger charge is 2.22. The number of benzene rings is 1. The van der Waals surface area contributed by atoms with Gasteiger partial charge in [-0.25, -0.2) is 4.79 Å². The van der Waals surface area contributed by atoms with Gasteiger partial charge in [0.05, 0.1) is 0 Å². The van der Waals surface area contributed by atoms with E-state index in [9.17, 15) is 4.79 Å². The maximum Gasteiger partial charge on any atom is 0.407 e. The summed E-state index contributed by atoms with van der Waals surface area (Å²) in [4.78, 5) is 14.0. The van der Waals surface area contributed by atoms with Crippen LogP contribution >= 0.6 is 0 Å². The molecule has 0 aromatic heterocycles. The number of amides is 1. The highest BCUT2D eigenvalue weighted by Crippen LogP contribution is 2.22. The third-order valence-electron chi connectivity index (χ3n) is 3.20. The first-order chi connectivity index (χ1) is 9.33. The van der Waals surface area contributed by atoms with Crippen LogP contribution in [-0.4, -0.2) is 29.2 Å². The Morgan fingerprint density at radius 3 is 2.35 bits per heavy atom. The zero-order valence-electron chi connectivity index (χ0n) is 12.8. The summed E-state index contributed by atoms with van der Waals surface area (Å²) in [7, 11) is 0. The van der Waals surface area contributed by atoms with E-state index in [-0.39, 0.29) is 12.1 Å². The van der Waals surface area contributed by atoms with Crippen LogP contribution in [0, 0.1) is 0 Å². The lowest BCUT2D eigenvalue weighted by Gasteiger charge is -2.24. The minimum Gasteiger partial charge on any atom is -0.444 e. The van der Waals surface area contributed by atoms with Gasteiger partial charge in [-0.3, -0.25) is 4.90 Å². The fourth-order valence-electron chi connectivity index (χ4n) is 2.47. The Morgan fingerprint density at radius 1 is 1.30 bits per heavy atom. The molecule has 1 aromatic rings. The van der Waals surface area contributed by atoms with Crippen molar-refractivity contribution in [3.05, 3.63) is 35.4 Å². The summed E-state index contributed by atoms with van der Waals surface area (Å²) in [5.74, 6) is 0. The molecular weight excluding hydrogens is 252 g/mol. The maximum atomic E-state index is 11.7. The number of ether oxygens (including phenoxy) is 1. The molecule has 1 atom stereocenters. The van der Waals surface area contributed by atoms with Crippen molar-refractivity contribution in [1.29, 1.82) is 0 Å². The topological polar surface area (TPSA) is 41.6 Å². The standard InChI is InChI=1S/C16H24N2O2/c1-12(17-15(19)20-16(2,3)4)9-18-10-13-7-5-6-8-14(13)11-18/h5-8,12H,9-11H2,1-4H3,(H,17,19)/t12-/m1/s1. The van der Waals surface area contributed by atoms with E-state index in [4.69, 9.17) is 4.74 Å². The number of nitrogens with zero attached hydrogens (tertiary/aromatic N) is 1. The molecule has 4 heteroatoms. The van der Waals surface area contributed by atoms with Gasteiger partial charge in [-0.1, -0.05) is 24.3 Å². The van der Waals surface area contributed by atoms with E-state index in [1.165, 1.54) is 11.1 Å². The van der Waals surface area contributed by atoms with Crippen LogP contribution in [0.3, 0.4) is 0 Å². The van der Waals surface area contributed by atoms with Crippen molar-refractivity contribution in [2.45, 2.75) is 52.4 Å². The molecule has 1 N–H and O–H groups in total. The van der Waals surface area contributed by atoms with Crippen LogP contribution in [0.5, 0.6) is 0 Å². The number of rotatable bonds is 3. The molecule has 0 aliphatic carbocycles. The van der Waals surface area contributed by atoms with Gasteiger partial charge in [0.25, 0.3) is 0 Å². The van der Waals surface area contributed by atoms with Crippen molar-refractivity contribution in [1.82, 2.24) is 10.2 Å². The molecule has 1 amide bonds. The van der Waals surface area contributed by atoms with Crippen molar-refractivity contribution in [2.24, 2.45) is 0 Å². The van der Waals surface area contributed by atoms with Crippen LogP contribution in [0.4, 0.5) is 4.79 Å². The lowest BCUT2D eigenvalue weighted by Crippen LogP contribution is -2.42. The average molecular weight is 276 g/mol. The minimum absolute atomic E-state index is 0.0687. The fraction of sp³-hybridized carbons (Fsp3) is 0.562. The van der Waals surface area contributed by atoms with Gasteiger partial charge in [0.15, 0.2) is 0 Å². The fourth-order valence-corrected chi connectivity index (χ4v) is 2.47. The zero-order valence-corrected chi connectivity index (χ0v) is 12.8. The van der Waals surface area contributed by atoms with Crippen LogP contribution in [0.2, 0.25) is 0 Å². The van der Waals surface area contributed by atoms with E-state index in [0.717, 1.165) is 19.6 Å². The summed E-state index contributed by atoms with van der Waals surface area (Å²) in [5.41, 5.74) is 2.32. The first-order valence-electron chi connectivity index (χ1n) is 7.12. The van der Waals surface area contributed by atoms with Gasteiger partial charge in [-0.05, 0) is 38.8 Å². The number of carbonyl (C=O) groups is 1. The highest BCUT2D eigenvalue weighted by molar-refractivity contribution is 5.68. The van der Waals surface area contributed by atoms with Crippen molar-refractivity contribution >= 4 is 6.09 Å². The van der Waals surface area contributed by atoms with Crippen LogP contribution in [0.15, 0.2) is 24.3 Å². The summed E-state index contributed by atoms with van der Waals surface area (Å²) in [6.07, 6.45) is -0.346. The summed E-state index contributed by atoms with van der Waals surface area (Å²) < 4.78 is 5.27. The number of fused-ring (bicyclic) bond motifs is 1. The monoisotopic (exact) mass is 276 g/mol. The Labute approximate surface area is 121 Å². The molecule has 0 unspecified atom stereocenters. The van der Waals surface area contributed by atoms with Gasteiger partial charge in [0.2, 0.25) is 0 Å². The largest absolute Gasteiger partial charge is 0.444 e. The van der Waals surface area contributed by atoms with Gasteiger partial charge in [0, 0.05) is 25.7 Å². The van der Waals surface area contributed by atoms with Gasteiger partial charge >= 0.3 is 6.09 Å². The Kier molecular flexibility index (Phi) is 4.33. The first kappa shape index (κ1) is 14.9. The second-order valence-electron chi connectivity index (χ2n) is 6.49. The number of hydrogen-bond donors (Lipinski definition) is 1. The molecule has 1 aliphatic rings. The van der Waals surface area contributed by atoms with Gasteiger partial charge in [0.1, 0.15) is 5.60 Å². The van der Waals surface area contributed by atoms with Crippen LogP contribution in [0.1, 0.15) is 38.8 Å². The maximum absolute atomic E-state index is 11.7. The molecule has 110 valence electrons. The molecule has 1 aromatic carbocycles. The number of nitrogens with one attached hydrogen (secondary N) is 1. The van der Waals surface area contributed by atoms with Gasteiger partial charge < -0.3 is 10.1 Å². The second-order valence-corrected chi connectivity index (χ2v) is 6.49. The van der Waals surface area contributed by atoms with E-state index in [1.54, 1.807) is 0 Å². The molecule has 1 aliphatic heterocycles. The molecule has 4 nitrogen and oxygen atoms in total. The first-order valence-corrected chi connectivity index (χ1v) is 7.12. The Hall–Kier alpha value is -1.55. The summed E-state index contributed by atoms with van der Waals surface area (Å²) in [6.45, 7) is 10.4.